The first kappa shape index (κ1) is 12.6. The molecule has 0 unspecified atom stereocenters. The van der Waals surface area contributed by atoms with E-state index in [-0.39, 0.29) is 5.91 Å². The first-order valence-corrected chi connectivity index (χ1v) is 6.55. The third-order valence-electron chi connectivity index (χ3n) is 2.65. The molecule has 0 atom stereocenters. The average Bonchev–Trinajstić information content (AvgIpc) is 2.69. The van der Waals surface area contributed by atoms with Crippen LogP contribution in [0.25, 0.3) is 0 Å². The number of benzene rings is 1. The number of carbonyl (C=O) groups is 1. The number of hydrogen-bond acceptors (Lipinski definition) is 4. The minimum Gasteiger partial charge on any atom is -0.398 e. The quantitative estimate of drug-likeness (QED) is 0.835. The standard InChI is InChI=1S/C13H15N3OS/c1-3-11-8(2)18-13(15-11)16-12(17)9-6-4-5-7-10(9)14/h4-7H,3,14H2,1-2H3,(H,15,16,17). The molecule has 0 bridgehead atoms. The van der Waals surface area contributed by atoms with Gasteiger partial charge in [0, 0.05) is 10.6 Å². The number of hydrogen-bond donors (Lipinski definition) is 2. The summed E-state index contributed by atoms with van der Waals surface area (Å²) in [5, 5.41) is 3.41. The minimum absolute atomic E-state index is 0.218. The van der Waals surface area contributed by atoms with Crippen LogP contribution in [0.1, 0.15) is 27.9 Å². The fourth-order valence-corrected chi connectivity index (χ4v) is 2.58. The van der Waals surface area contributed by atoms with Gasteiger partial charge >= 0.3 is 0 Å². The third-order valence-corrected chi connectivity index (χ3v) is 3.58. The second-order valence-electron chi connectivity index (χ2n) is 3.92. The molecule has 1 amide bonds. The van der Waals surface area contributed by atoms with Crippen LogP contribution in [0.3, 0.4) is 0 Å². The molecule has 0 aliphatic heterocycles. The molecule has 3 N–H and O–H groups in total. The second-order valence-corrected chi connectivity index (χ2v) is 5.12. The Morgan fingerprint density at radius 2 is 2.17 bits per heavy atom. The summed E-state index contributed by atoms with van der Waals surface area (Å²) in [5.41, 5.74) is 7.73. The highest BCUT2D eigenvalue weighted by molar-refractivity contribution is 7.15. The van der Waals surface area contributed by atoms with E-state index in [9.17, 15) is 4.79 Å². The van der Waals surface area contributed by atoms with Gasteiger partial charge in [-0.2, -0.15) is 0 Å². The van der Waals surface area contributed by atoms with Crippen LogP contribution >= 0.6 is 11.3 Å². The summed E-state index contributed by atoms with van der Waals surface area (Å²) in [6.45, 7) is 4.05. The van der Waals surface area contributed by atoms with E-state index in [1.165, 1.54) is 11.3 Å². The van der Waals surface area contributed by atoms with Crippen molar-refractivity contribution in [1.29, 1.82) is 0 Å². The van der Waals surface area contributed by atoms with Gasteiger partial charge in [-0.05, 0) is 25.5 Å². The number of aryl methyl sites for hydroxylation is 2. The van der Waals surface area contributed by atoms with E-state index in [4.69, 9.17) is 5.73 Å². The van der Waals surface area contributed by atoms with Gasteiger partial charge in [0.15, 0.2) is 5.13 Å². The molecule has 0 saturated heterocycles. The number of carbonyl (C=O) groups excluding carboxylic acids is 1. The van der Waals surface area contributed by atoms with Crippen LogP contribution in [0.15, 0.2) is 24.3 Å². The van der Waals surface area contributed by atoms with E-state index in [0.717, 1.165) is 17.0 Å². The molecule has 5 heteroatoms. The highest BCUT2D eigenvalue weighted by Crippen LogP contribution is 2.23. The second kappa shape index (κ2) is 5.18. The van der Waals surface area contributed by atoms with Gasteiger partial charge in [0.05, 0.1) is 11.3 Å². The van der Waals surface area contributed by atoms with Crippen LogP contribution < -0.4 is 11.1 Å². The van der Waals surface area contributed by atoms with E-state index < -0.39 is 0 Å². The lowest BCUT2D eigenvalue weighted by molar-refractivity contribution is 0.102. The number of anilines is 2. The summed E-state index contributed by atoms with van der Waals surface area (Å²) < 4.78 is 0. The van der Waals surface area contributed by atoms with E-state index in [2.05, 4.69) is 10.3 Å². The number of amides is 1. The lowest BCUT2D eigenvalue weighted by Gasteiger charge is -2.04. The molecule has 0 aliphatic carbocycles. The number of nitrogens with one attached hydrogen (secondary N) is 1. The van der Waals surface area contributed by atoms with Gasteiger partial charge in [0.2, 0.25) is 0 Å². The predicted molar refractivity (Wildman–Crippen MR) is 75.0 cm³/mol. The molecular weight excluding hydrogens is 246 g/mol. The van der Waals surface area contributed by atoms with Crippen LogP contribution in [0.4, 0.5) is 10.8 Å². The maximum absolute atomic E-state index is 12.0. The molecule has 1 aromatic heterocycles. The number of nitrogens with two attached hydrogens (primary N) is 1. The van der Waals surface area contributed by atoms with Gasteiger partial charge in [0.25, 0.3) is 5.91 Å². The number of thiazole rings is 1. The van der Waals surface area contributed by atoms with Crippen molar-refractivity contribution >= 4 is 28.1 Å². The van der Waals surface area contributed by atoms with Crippen molar-refractivity contribution < 1.29 is 4.79 Å². The Morgan fingerprint density at radius 3 is 2.78 bits per heavy atom. The first-order valence-electron chi connectivity index (χ1n) is 5.74. The van der Waals surface area contributed by atoms with E-state index in [0.29, 0.717) is 16.4 Å². The number of rotatable bonds is 3. The molecular formula is C13H15N3OS. The van der Waals surface area contributed by atoms with Crippen molar-refractivity contribution in [2.75, 3.05) is 11.1 Å². The molecule has 2 aromatic rings. The number of nitrogen functional groups attached to an aromatic ring is 1. The van der Waals surface area contributed by atoms with Crippen molar-refractivity contribution in [2.45, 2.75) is 20.3 Å². The lowest BCUT2D eigenvalue weighted by Crippen LogP contribution is -2.13. The fourth-order valence-electron chi connectivity index (χ4n) is 1.68. The van der Waals surface area contributed by atoms with E-state index >= 15 is 0 Å². The van der Waals surface area contributed by atoms with Gasteiger partial charge in [0.1, 0.15) is 0 Å². The molecule has 0 saturated carbocycles. The van der Waals surface area contributed by atoms with Crippen LogP contribution in [0, 0.1) is 6.92 Å². The summed E-state index contributed by atoms with van der Waals surface area (Å²) in [6.07, 6.45) is 0.867. The number of aromatic nitrogens is 1. The molecule has 0 spiro atoms. The smallest absolute Gasteiger partial charge is 0.259 e. The fraction of sp³-hybridized carbons (Fsp3) is 0.231. The summed E-state index contributed by atoms with van der Waals surface area (Å²) in [4.78, 5) is 17.5. The van der Waals surface area contributed by atoms with Crippen molar-refractivity contribution in [3.63, 3.8) is 0 Å². The predicted octanol–water partition coefficient (Wildman–Crippen LogP) is 2.85. The molecule has 4 nitrogen and oxygen atoms in total. The largest absolute Gasteiger partial charge is 0.398 e. The minimum atomic E-state index is -0.218. The molecule has 0 aliphatic rings. The normalized spacial score (nSPS) is 10.3. The zero-order valence-corrected chi connectivity index (χ0v) is 11.2. The van der Waals surface area contributed by atoms with Crippen LogP contribution in [0.5, 0.6) is 0 Å². The molecule has 0 radical (unpaired) electrons. The highest BCUT2D eigenvalue weighted by atomic mass is 32.1. The molecule has 0 fully saturated rings. The van der Waals surface area contributed by atoms with Crippen molar-refractivity contribution in [2.24, 2.45) is 0 Å². The Morgan fingerprint density at radius 1 is 1.44 bits per heavy atom. The average molecular weight is 261 g/mol. The van der Waals surface area contributed by atoms with Crippen LogP contribution in [0.2, 0.25) is 0 Å². The number of para-hydroxylation sites is 1. The third kappa shape index (κ3) is 2.51. The van der Waals surface area contributed by atoms with Gasteiger partial charge in [-0.15, -0.1) is 11.3 Å². The highest BCUT2D eigenvalue weighted by Gasteiger charge is 2.12. The summed E-state index contributed by atoms with van der Waals surface area (Å²) in [7, 11) is 0. The van der Waals surface area contributed by atoms with E-state index in [1.54, 1.807) is 24.3 Å². The maximum Gasteiger partial charge on any atom is 0.259 e. The molecule has 1 aromatic carbocycles. The Bertz CT molecular complexity index is 577. The van der Waals surface area contributed by atoms with Gasteiger partial charge in [-0.25, -0.2) is 4.98 Å². The molecule has 2 rings (SSSR count). The SMILES string of the molecule is CCc1nc(NC(=O)c2ccccc2N)sc1C. The van der Waals surface area contributed by atoms with Gasteiger partial charge in [-0.1, -0.05) is 19.1 Å². The zero-order chi connectivity index (χ0) is 13.1. The molecule has 18 heavy (non-hydrogen) atoms. The van der Waals surface area contributed by atoms with Crippen molar-refractivity contribution in [3.05, 3.63) is 40.4 Å². The lowest BCUT2D eigenvalue weighted by atomic mass is 10.2. The van der Waals surface area contributed by atoms with Gasteiger partial charge < -0.3 is 5.73 Å². The van der Waals surface area contributed by atoms with Crippen LogP contribution in [-0.2, 0) is 6.42 Å². The first-order chi connectivity index (χ1) is 8.61. The topological polar surface area (TPSA) is 68.0 Å². The van der Waals surface area contributed by atoms with Crippen molar-refractivity contribution in [1.82, 2.24) is 4.98 Å². The summed E-state index contributed by atoms with van der Waals surface area (Å²) in [6, 6.07) is 7.00. The Labute approximate surface area is 110 Å². The number of nitrogens with zero attached hydrogens (tertiary/aromatic N) is 1. The zero-order valence-electron chi connectivity index (χ0n) is 10.4. The Kier molecular flexibility index (Phi) is 3.62. The Hall–Kier alpha value is -1.88. The monoisotopic (exact) mass is 261 g/mol. The molecule has 94 valence electrons. The summed E-state index contributed by atoms with van der Waals surface area (Å²) >= 11 is 1.48. The van der Waals surface area contributed by atoms with Crippen molar-refractivity contribution in [3.8, 4) is 0 Å². The Balaban J connectivity index is 2.19. The maximum atomic E-state index is 12.0. The summed E-state index contributed by atoms with van der Waals surface area (Å²) in [5.74, 6) is -0.218. The van der Waals surface area contributed by atoms with Crippen LogP contribution in [-0.4, -0.2) is 10.9 Å². The molecule has 1 heterocycles. The van der Waals surface area contributed by atoms with Gasteiger partial charge in [-0.3, -0.25) is 10.1 Å². The van der Waals surface area contributed by atoms with E-state index in [1.807, 2.05) is 13.8 Å².